The van der Waals surface area contributed by atoms with E-state index in [-0.39, 0.29) is 5.69 Å². The number of nitrogens with zero attached hydrogens (tertiary/aromatic N) is 2. The topological polar surface area (TPSA) is 41.0 Å². The summed E-state index contributed by atoms with van der Waals surface area (Å²) in [4.78, 5) is 18.0. The van der Waals surface area contributed by atoms with Crippen molar-refractivity contribution >= 4 is 11.0 Å². The van der Waals surface area contributed by atoms with Crippen LogP contribution in [0.25, 0.3) is 11.0 Å². The molecule has 1 saturated heterocycles. The Morgan fingerprint density at radius 2 is 1.96 bits per heavy atom. The van der Waals surface area contributed by atoms with Gasteiger partial charge in [0.2, 0.25) is 0 Å². The zero-order valence-electron chi connectivity index (χ0n) is 15.1. The van der Waals surface area contributed by atoms with E-state index in [2.05, 4.69) is 29.8 Å². The average molecular weight is 329 g/mol. The van der Waals surface area contributed by atoms with Crippen molar-refractivity contribution in [1.29, 1.82) is 0 Å². The van der Waals surface area contributed by atoms with E-state index in [1.807, 2.05) is 22.8 Å². The number of fused-ring (bicyclic) bond motifs is 1. The molecule has 1 aromatic heterocycles. The largest absolute Gasteiger partial charge is 0.326 e. The Kier molecular flexibility index (Phi) is 5.77. The second kappa shape index (κ2) is 8.02. The zero-order chi connectivity index (χ0) is 16.9. The van der Waals surface area contributed by atoms with Crippen molar-refractivity contribution in [3.05, 3.63) is 34.7 Å². The van der Waals surface area contributed by atoms with Crippen LogP contribution in [0.1, 0.15) is 58.4 Å². The molecule has 1 aliphatic rings. The fraction of sp³-hybridized carbons (Fsp3) is 0.650. The van der Waals surface area contributed by atoms with Gasteiger partial charge < -0.3 is 9.88 Å². The number of H-pyrrole nitrogens is 1. The summed E-state index contributed by atoms with van der Waals surface area (Å²) in [5.74, 6) is 0.831. The third-order valence-corrected chi connectivity index (χ3v) is 5.61. The number of para-hydroxylation sites is 2. The van der Waals surface area contributed by atoms with Crippen molar-refractivity contribution in [2.24, 2.45) is 5.92 Å². The van der Waals surface area contributed by atoms with Crippen molar-refractivity contribution in [2.75, 3.05) is 19.6 Å². The maximum absolute atomic E-state index is 12.4. The summed E-state index contributed by atoms with van der Waals surface area (Å²) in [7, 11) is 0. The van der Waals surface area contributed by atoms with E-state index >= 15 is 0 Å². The van der Waals surface area contributed by atoms with Crippen molar-refractivity contribution in [3.63, 3.8) is 0 Å². The van der Waals surface area contributed by atoms with E-state index in [1.54, 1.807) is 0 Å². The Morgan fingerprint density at radius 1 is 1.21 bits per heavy atom. The molecule has 0 amide bonds. The Balaban J connectivity index is 1.62. The van der Waals surface area contributed by atoms with Crippen LogP contribution in [-0.2, 0) is 0 Å². The third-order valence-electron chi connectivity index (χ3n) is 5.61. The molecule has 0 aliphatic carbocycles. The second-order valence-corrected chi connectivity index (χ2v) is 7.27. The van der Waals surface area contributed by atoms with Gasteiger partial charge in [-0.1, -0.05) is 45.2 Å². The molecule has 1 aromatic carbocycles. The normalized spacial score (nSPS) is 18.2. The van der Waals surface area contributed by atoms with E-state index in [1.165, 1.54) is 32.2 Å². The smallest absolute Gasteiger partial charge is 0.306 e. The van der Waals surface area contributed by atoms with Crippen molar-refractivity contribution in [3.8, 4) is 0 Å². The van der Waals surface area contributed by atoms with Crippen LogP contribution in [0.2, 0.25) is 0 Å². The van der Waals surface area contributed by atoms with Crippen molar-refractivity contribution in [1.82, 2.24) is 14.5 Å². The highest BCUT2D eigenvalue weighted by Gasteiger charge is 2.24. The van der Waals surface area contributed by atoms with Crippen LogP contribution in [0.3, 0.4) is 0 Å². The molecule has 2 aromatic rings. The number of aromatic nitrogens is 2. The number of unbranched alkanes of at least 4 members (excludes halogenated alkanes) is 1. The molecule has 2 heterocycles. The molecule has 4 heteroatoms. The van der Waals surface area contributed by atoms with Gasteiger partial charge >= 0.3 is 5.69 Å². The fourth-order valence-electron chi connectivity index (χ4n) is 4.08. The molecule has 1 unspecified atom stereocenters. The predicted molar refractivity (Wildman–Crippen MR) is 101 cm³/mol. The molecule has 1 N–H and O–H groups in total. The van der Waals surface area contributed by atoms with Crippen LogP contribution in [0.4, 0.5) is 0 Å². The molecule has 4 nitrogen and oxygen atoms in total. The first-order chi connectivity index (χ1) is 11.7. The number of hydrogen-bond donors (Lipinski definition) is 1. The highest BCUT2D eigenvalue weighted by molar-refractivity contribution is 5.75. The second-order valence-electron chi connectivity index (χ2n) is 7.27. The summed E-state index contributed by atoms with van der Waals surface area (Å²) < 4.78 is 1.99. The lowest BCUT2D eigenvalue weighted by atomic mass is 9.96. The molecule has 0 saturated carbocycles. The minimum Gasteiger partial charge on any atom is -0.306 e. The molecule has 1 fully saturated rings. The summed E-state index contributed by atoms with van der Waals surface area (Å²) in [6.07, 6.45) is 7.43. The molecule has 3 rings (SSSR count). The standard InChI is InChI=1S/C20H31N3O/c1-3-5-8-16(4-2)15-22-13-11-17(12-14-22)23-19-10-7-6-9-18(19)21-20(23)24/h6-7,9-10,16-17H,3-5,8,11-15H2,1-2H3,(H,21,24). The number of likely N-dealkylation sites (tertiary alicyclic amines) is 1. The minimum absolute atomic E-state index is 0.0454. The first-order valence-electron chi connectivity index (χ1n) is 9.64. The van der Waals surface area contributed by atoms with Gasteiger partial charge in [-0.2, -0.15) is 0 Å². The van der Waals surface area contributed by atoms with Crippen molar-refractivity contribution in [2.45, 2.75) is 58.4 Å². The van der Waals surface area contributed by atoms with E-state index in [0.717, 1.165) is 42.9 Å². The van der Waals surface area contributed by atoms with Gasteiger partial charge in [-0.25, -0.2) is 4.79 Å². The number of hydrogen-bond acceptors (Lipinski definition) is 2. The molecule has 0 spiro atoms. The average Bonchev–Trinajstić information content (AvgIpc) is 2.95. The number of aromatic amines is 1. The highest BCUT2D eigenvalue weighted by Crippen LogP contribution is 2.26. The van der Waals surface area contributed by atoms with Gasteiger partial charge in [0.05, 0.1) is 11.0 Å². The summed E-state index contributed by atoms with van der Waals surface area (Å²) in [5.41, 5.74) is 2.05. The van der Waals surface area contributed by atoms with Crippen LogP contribution in [0.15, 0.2) is 29.1 Å². The zero-order valence-corrected chi connectivity index (χ0v) is 15.1. The summed E-state index contributed by atoms with van der Waals surface area (Å²) in [6.45, 7) is 8.04. The van der Waals surface area contributed by atoms with Gasteiger partial charge in [-0.05, 0) is 37.3 Å². The highest BCUT2D eigenvalue weighted by atomic mass is 16.1. The van der Waals surface area contributed by atoms with E-state index < -0.39 is 0 Å². The van der Waals surface area contributed by atoms with E-state index in [9.17, 15) is 4.79 Å². The summed E-state index contributed by atoms with van der Waals surface area (Å²) in [5, 5.41) is 0. The van der Waals surface area contributed by atoms with E-state index in [0.29, 0.717) is 6.04 Å². The number of rotatable bonds is 7. The van der Waals surface area contributed by atoms with Gasteiger partial charge in [0.25, 0.3) is 0 Å². The first-order valence-corrected chi connectivity index (χ1v) is 9.64. The number of imidazole rings is 1. The molecule has 1 atom stereocenters. The Morgan fingerprint density at radius 3 is 2.67 bits per heavy atom. The molecule has 1 aliphatic heterocycles. The molecule has 0 radical (unpaired) electrons. The van der Waals surface area contributed by atoms with Crippen LogP contribution in [-0.4, -0.2) is 34.1 Å². The molecule has 24 heavy (non-hydrogen) atoms. The fourth-order valence-corrected chi connectivity index (χ4v) is 4.08. The number of benzene rings is 1. The lowest BCUT2D eigenvalue weighted by Crippen LogP contribution is -2.39. The number of nitrogens with one attached hydrogen (secondary N) is 1. The summed E-state index contributed by atoms with van der Waals surface area (Å²) >= 11 is 0. The first kappa shape index (κ1) is 17.3. The van der Waals surface area contributed by atoms with E-state index in [4.69, 9.17) is 0 Å². The van der Waals surface area contributed by atoms with Gasteiger partial charge in [-0.3, -0.25) is 4.57 Å². The Labute approximate surface area is 144 Å². The molecular formula is C20H31N3O. The maximum atomic E-state index is 12.4. The SMILES string of the molecule is CCCCC(CC)CN1CCC(n2c(=O)[nH]c3ccccc32)CC1. The van der Waals surface area contributed by atoms with Crippen LogP contribution >= 0.6 is 0 Å². The Hall–Kier alpha value is -1.55. The molecule has 0 bridgehead atoms. The minimum atomic E-state index is 0.0454. The maximum Gasteiger partial charge on any atom is 0.326 e. The third kappa shape index (κ3) is 3.75. The Bertz CT molecular complexity index is 694. The molecule has 132 valence electrons. The van der Waals surface area contributed by atoms with Crippen LogP contribution < -0.4 is 5.69 Å². The quantitative estimate of drug-likeness (QED) is 0.828. The lowest BCUT2D eigenvalue weighted by Gasteiger charge is -2.34. The summed E-state index contributed by atoms with van der Waals surface area (Å²) in [6, 6.07) is 8.37. The van der Waals surface area contributed by atoms with Gasteiger partial charge in [0, 0.05) is 25.7 Å². The van der Waals surface area contributed by atoms with Gasteiger partial charge in [0.1, 0.15) is 0 Å². The van der Waals surface area contributed by atoms with Crippen LogP contribution in [0.5, 0.6) is 0 Å². The van der Waals surface area contributed by atoms with Gasteiger partial charge in [0.15, 0.2) is 0 Å². The predicted octanol–water partition coefficient (Wildman–Crippen LogP) is 4.18. The van der Waals surface area contributed by atoms with Crippen LogP contribution in [0, 0.1) is 5.92 Å². The van der Waals surface area contributed by atoms with Gasteiger partial charge in [-0.15, -0.1) is 0 Å². The monoisotopic (exact) mass is 329 g/mol. The van der Waals surface area contributed by atoms with Crippen molar-refractivity contribution < 1.29 is 0 Å². The number of piperidine rings is 1. The molecular weight excluding hydrogens is 298 g/mol. The lowest BCUT2D eigenvalue weighted by molar-refractivity contribution is 0.157.